The van der Waals surface area contributed by atoms with Crippen molar-refractivity contribution in [2.45, 2.75) is 107 Å². The molecule has 5 nitrogen and oxygen atoms in total. The number of ether oxygens (including phenoxy) is 2. The van der Waals surface area contributed by atoms with Crippen molar-refractivity contribution >= 4 is 23.5 Å². The first-order valence-corrected chi connectivity index (χ1v) is 12.7. The molecule has 2 unspecified atom stereocenters. The molecule has 0 aromatic carbocycles. The monoisotopic (exact) mass is 439 g/mol. The smallest absolute Gasteiger partial charge is 0.314 e. The number of hydrogen-bond donors (Lipinski definition) is 0. The van der Waals surface area contributed by atoms with Crippen molar-refractivity contribution in [2.75, 3.05) is 13.7 Å². The number of fused-ring (bicyclic) bond motifs is 2. The van der Waals surface area contributed by atoms with Crippen molar-refractivity contribution in [3.63, 3.8) is 0 Å². The zero-order chi connectivity index (χ0) is 21.1. The van der Waals surface area contributed by atoms with E-state index in [9.17, 15) is 9.59 Å². The number of rotatable bonds is 6. The van der Waals surface area contributed by atoms with Crippen LogP contribution in [0.5, 0.6) is 0 Å². The van der Waals surface area contributed by atoms with Gasteiger partial charge in [0.2, 0.25) is 0 Å². The quantitative estimate of drug-likeness (QED) is 0.443. The largest absolute Gasteiger partial charge is 0.465 e. The van der Waals surface area contributed by atoms with E-state index in [1.165, 1.54) is 6.42 Å². The molecular weight excluding hydrogens is 402 g/mol. The predicted molar refractivity (Wildman–Crippen MR) is 116 cm³/mol. The normalized spacial score (nSPS) is 37.7. The molecule has 2 aliphatic heterocycles. The second-order valence-electron chi connectivity index (χ2n) is 10.1. The van der Waals surface area contributed by atoms with Crippen molar-refractivity contribution in [2.24, 2.45) is 17.8 Å². The van der Waals surface area contributed by atoms with Gasteiger partial charge in [0.25, 0.3) is 0 Å². The highest BCUT2D eigenvalue weighted by Crippen LogP contribution is 2.41. The van der Waals surface area contributed by atoms with E-state index in [-0.39, 0.29) is 35.9 Å². The molecule has 2 heterocycles. The Morgan fingerprint density at radius 2 is 1.67 bits per heavy atom. The van der Waals surface area contributed by atoms with Gasteiger partial charge in [0.1, 0.15) is 12.0 Å². The van der Waals surface area contributed by atoms with Crippen molar-refractivity contribution < 1.29 is 19.1 Å². The van der Waals surface area contributed by atoms with Crippen molar-refractivity contribution in [3.05, 3.63) is 0 Å². The second kappa shape index (κ2) is 10.2. The third-order valence-electron chi connectivity index (χ3n) is 8.24. The number of halogens is 1. The summed E-state index contributed by atoms with van der Waals surface area (Å²) in [5.41, 5.74) is 0. The first-order chi connectivity index (χ1) is 14.5. The minimum Gasteiger partial charge on any atom is -0.465 e. The van der Waals surface area contributed by atoms with E-state index in [4.69, 9.17) is 21.1 Å². The van der Waals surface area contributed by atoms with Gasteiger partial charge < -0.3 is 9.47 Å². The Morgan fingerprint density at radius 1 is 0.933 bits per heavy atom. The van der Waals surface area contributed by atoms with Crippen LogP contribution in [0.3, 0.4) is 0 Å². The summed E-state index contributed by atoms with van der Waals surface area (Å²) in [4.78, 5) is 28.2. The molecule has 2 saturated heterocycles. The summed E-state index contributed by atoms with van der Waals surface area (Å²) in [6, 6.07) is 0.543. The summed E-state index contributed by atoms with van der Waals surface area (Å²) in [6.07, 6.45) is 13.1. The lowest BCUT2D eigenvalue weighted by atomic mass is 9.86. The van der Waals surface area contributed by atoms with Gasteiger partial charge in [-0.05, 0) is 70.8 Å². The molecule has 0 spiro atoms. The lowest BCUT2D eigenvalue weighted by Crippen LogP contribution is -2.54. The molecule has 0 aromatic heterocycles. The molecule has 0 amide bonds. The Labute approximate surface area is 186 Å². The summed E-state index contributed by atoms with van der Waals surface area (Å²) >= 11 is 6.20. The standard InChI is InChI=1S/C24H38ClNO4/c1-26-19-11-12-20(26)22(21(15-19)30-23(27)17-5-3-2-4-6-17)24(28)29-14-13-16-7-9-18(25)10-8-16/h16-22H,2-15H2,1H3/t16?,18?,19-,20?,21+,22?/m1/s1. The highest BCUT2D eigenvalue weighted by molar-refractivity contribution is 6.20. The summed E-state index contributed by atoms with van der Waals surface area (Å²) in [6.45, 7) is 0.468. The fourth-order valence-corrected chi connectivity index (χ4v) is 6.52. The molecule has 0 radical (unpaired) electrons. The molecule has 4 aliphatic rings. The number of alkyl halides is 1. The molecule has 2 bridgehead atoms. The van der Waals surface area contributed by atoms with Gasteiger partial charge in [-0.25, -0.2) is 0 Å². The Balaban J connectivity index is 1.33. The van der Waals surface area contributed by atoms with Crippen LogP contribution in [0.4, 0.5) is 0 Å². The van der Waals surface area contributed by atoms with Crippen LogP contribution >= 0.6 is 11.6 Å². The van der Waals surface area contributed by atoms with E-state index in [1.807, 2.05) is 0 Å². The van der Waals surface area contributed by atoms with E-state index in [2.05, 4.69) is 11.9 Å². The van der Waals surface area contributed by atoms with Gasteiger partial charge in [0, 0.05) is 23.9 Å². The van der Waals surface area contributed by atoms with Gasteiger partial charge >= 0.3 is 11.9 Å². The van der Waals surface area contributed by atoms with Crippen LogP contribution in [0.15, 0.2) is 0 Å². The first-order valence-electron chi connectivity index (χ1n) is 12.3. The topological polar surface area (TPSA) is 55.8 Å². The third-order valence-corrected chi connectivity index (χ3v) is 8.68. The Bertz CT molecular complexity index is 600. The number of carbonyl (C=O) groups excluding carboxylic acids is 2. The average Bonchev–Trinajstić information content (AvgIpc) is 2.98. The fourth-order valence-electron chi connectivity index (χ4n) is 6.27. The maximum atomic E-state index is 13.1. The van der Waals surface area contributed by atoms with E-state index >= 15 is 0 Å². The highest BCUT2D eigenvalue weighted by Gasteiger charge is 2.51. The summed E-state index contributed by atoms with van der Waals surface area (Å²) < 4.78 is 11.8. The van der Waals surface area contributed by atoms with Crippen LogP contribution in [-0.4, -0.2) is 54.1 Å². The van der Waals surface area contributed by atoms with Crippen LogP contribution in [0.1, 0.15) is 83.5 Å². The molecule has 170 valence electrons. The zero-order valence-electron chi connectivity index (χ0n) is 18.4. The van der Waals surface area contributed by atoms with E-state index < -0.39 is 0 Å². The molecule has 0 N–H and O–H groups in total. The maximum Gasteiger partial charge on any atom is 0.314 e. The van der Waals surface area contributed by atoms with Crippen LogP contribution in [0.2, 0.25) is 0 Å². The van der Waals surface area contributed by atoms with E-state index in [0.29, 0.717) is 23.9 Å². The molecule has 4 fully saturated rings. The molecule has 2 aliphatic carbocycles. The summed E-state index contributed by atoms with van der Waals surface area (Å²) in [5.74, 6) is 0.0289. The van der Waals surface area contributed by atoms with Crippen LogP contribution in [0, 0.1) is 17.8 Å². The number of carbonyl (C=O) groups is 2. The minimum absolute atomic E-state index is 0.0183. The van der Waals surface area contributed by atoms with Gasteiger partial charge in [-0.3, -0.25) is 14.5 Å². The lowest BCUT2D eigenvalue weighted by molar-refractivity contribution is -0.173. The zero-order valence-corrected chi connectivity index (χ0v) is 19.2. The van der Waals surface area contributed by atoms with Crippen LogP contribution in [0.25, 0.3) is 0 Å². The SMILES string of the molecule is CN1C2CC[C@@H]1C[C@H](OC(=O)C1CCCCC1)C2C(=O)OCCC1CCC(Cl)CC1. The van der Waals surface area contributed by atoms with Crippen molar-refractivity contribution in [1.29, 1.82) is 0 Å². The maximum absolute atomic E-state index is 13.1. The molecular formula is C24H38ClNO4. The Morgan fingerprint density at radius 3 is 2.40 bits per heavy atom. The number of piperidine rings is 1. The van der Waals surface area contributed by atoms with Gasteiger partial charge in [0.15, 0.2) is 0 Å². The summed E-state index contributed by atoms with van der Waals surface area (Å²) in [7, 11) is 2.10. The van der Waals surface area contributed by atoms with Gasteiger partial charge in [0.05, 0.1) is 12.5 Å². The summed E-state index contributed by atoms with van der Waals surface area (Å²) in [5, 5.41) is 0.316. The highest BCUT2D eigenvalue weighted by atomic mass is 35.5. The first kappa shape index (κ1) is 22.4. The molecule has 30 heavy (non-hydrogen) atoms. The number of hydrogen-bond acceptors (Lipinski definition) is 5. The number of esters is 2. The fraction of sp³-hybridized carbons (Fsp3) is 0.917. The van der Waals surface area contributed by atoms with E-state index in [1.54, 1.807) is 0 Å². The lowest BCUT2D eigenvalue weighted by Gasteiger charge is -2.41. The van der Waals surface area contributed by atoms with Crippen molar-refractivity contribution in [1.82, 2.24) is 4.90 Å². The predicted octanol–water partition coefficient (Wildman–Crippen LogP) is 4.69. The van der Waals surface area contributed by atoms with E-state index in [0.717, 1.165) is 77.0 Å². The van der Waals surface area contributed by atoms with Gasteiger partial charge in [-0.15, -0.1) is 11.6 Å². The number of nitrogens with zero attached hydrogens (tertiary/aromatic N) is 1. The van der Waals surface area contributed by atoms with Crippen molar-refractivity contribution in [3.8, 4) is 0 Å². The molecule has 0 aromatic rings. The second-order valence-corrected chi connectivity index (χ2v) is 10.7. The average molecular weight is 440 g/mol. The van der Waals surface area contributed by atoms with Gasteiger partial charge in [-0.2, -0.15) is 0 Å². The Hall–Kier alpha value is -0.810. The Kier molecular flexibility index (Phi) is 7.62. The molecule has 4 atom stereocenters. The molecule has 6 heteroatoms. The van der Waals surface area contributed by atoms with Crippen LogP contribution < -0.4 is 0 Å². The molecule has 2 saturated carbocycles. The molecule has 4 rings (SSSR count). The van der Waals surface area contributed by atoms with Crippen LogP contribution in [-0.2, 0) is 19.1 Å². The third kappa shape index (κ3) is 5.15. The minimum atomic E-state index is -0.347. The van der Waals surface area contributed by atoms with Gasteiger partial charge in [-0.1, -0.05) is 19.3 Å².